The molecule has 26 unspecified atom stereocenters. The average Bonchev–Trinajstić information content (AvgIpc) is 3.92. The summed E-state index contributed by atoms with van der Waals surface area (Å²) in [5.41, 5.74) is 0. The van der Waals surface area contributed by atoms with Crippen LogP contribution in [0.4, 0.5) is 0 Å². The van der Waals surface area contributed by atoms with Crippen LogP contribution in [0.15, 0.2) is 0 Å². The van der Waals surface area contributed by atoms with E-state index >= 15 is 0 Å². The standard InChI is InChI=1S/C36H62O31/c37-1-11-19(45)27(53)33(7-39,63-11)58-4-13-17(43)23(49)25(51)31(61-13)57-3-15-21(47)29(55)35(9-41,65-15)60-6-16-22(48)30(56)36(10-42,66-16)67-32-26(52)24(50)18(44)14(62-32)5-59-34(8-40)28(54)20(46)12(2-38)64-34/h11-32,37-56H,1-10H2. The molecular weight excluding hydrogens is 928 g/mol. The van der Waals surface area contributed by atoms with Crippen LogP contribution in [0.1, 0.15) is 0 Å². The normalized spacial score (nSPS) is 52.7. The van der Waals surface area contributed by atoms with Gasteiger partial charge in [-0.05, 0) is 0 Å². The molecule has 6 heterocycles. The van der Waals surface area contributed by atoms with Crippen molar-refractivity contribution < 1.29 is 154 Å². The molecule has 0 aromatic carbocycles. The molecule has 0 aliphatic carbocycles. The van der Waals surface area contributed by atoms with Crippen molar-refractivity contribution in [1.82, 2.24) is 0 Å². The molecule has 0 spiro atoms. The fourth-order valence-corrected chi connectivity index (χ4v) is 8.54. The smallest absolute Gasteiger partial charge is 0.224 e. The molecule has 392 valence electrons. The molecule has 67 heavy (non-hydrogen) atoms. The molecule has 31 nitrogen and oxygen atoms in total. The molecular formula is C36H62O31. The summed E-state index contributed by atoms with van der Waals surface area (Å²) in [6.45, 7) is -9.68. The van der Waals surface area contributed by atoms with Crippen LogP contribution in [0.25, 0.3) is 0 Å². The topological polar surface area (TPSA) is 506 Å². The molecule has 31 heteroatoms. The van der Waals surface area contributed by atoms with Crippen LogP contribution in [0.5, 0.6) is 0 Å². The summed E-state index contributed by atoms with van der Waals surface area (Å²) < 4.78 is 60.5. The molecule has 6 rings (SSSR count). The Balaban J connectivity index is 1.06. The zero-order valence-electron chi connectivity index (χ0n) is 35.2. The Labute approximate surface area is 378 Å². The van der Waals surface area contributed by atoms with E-state index in [1.165, 1.54) is 0 Å². The number of aliphatic hydroxyl groups is 20. The predicted molar refractivity (Wildman–Crippen MR) is 199 cm³/mol. The third-order valence-electron chi connectivity index (χ3n) is 12.8. The van der Waals surface area contributed by atoms with E-state index in [2.05, 4.69) is 0 Å². The van der Waals surface area contributed by atoms with Crippen LogP contribution in [-0.4, -0.2) is 326 Å². The van der Waals surface area contributed by atoms with Gasteiger partial charge in [0.2, 0.25) is 23.1 Å². The quantitative estimate of drug-likeness (QED) is 0.0538. The Hall–Kier alpha value is -1.24. The van der Waals surface area contributed by atoms with Crippen molar-refractivity contribution in [2.24, 2.45) is 0 Å². The molecule has 6 fully saturated rings. The Morgan fingerprint density at radius 1 is 0.313 bits per heavy atom. The van der Waals surface area contributed by atoms with Crippen molar-refractivity contribution in [3.63, 3.8) is 0 Å². The second-order valence-corrected chi connectivity index (χ2v) is 17.0. The van der Waals surface area contributed by atoms with Gasteiger partial charge in [0, 0.05) is 0 Å². The summed E-state index contributed by atoms with van der Waals surface area (Å²) in [6, 6.07) is 0. The van der Waals surface area contributed by atoms with Gasteiger partial charge in [0.05, 0.1) is 39.6 Å². The van der Waals surface area contributed by atoms with Crippen molar-refractivity contribution in [3.05, 3.63) is 0 Å². The van der Waals surface area contributed by atoms with Crippen LogP contribution in [0.3, 0.4) is 0 Å². The van der Waals surface area contributed by atoms with Gasteiger partial charge in [-0.1, -0.05) is 0 Å². The number of hydrogen-bond acceptors (Lipinski definition) is 31. The molecule has 0 saturated carbocycles. The van der Waals surface area contributed by atoms with Crippen LogP contribution < -0.4 is 0 Å². The number of hydrogen-bond donors (Lipinski definition) is 20. The Bertz CT molecular complexity index is 1580. The summed E-state index contributed by atoms with van der Waals surface area (Å²) in [5.74, 6) is -9.97. The first-order valence-corrected chi connectivity index (χ1v) is 21.0. The first-order chi connectivity index (χ1) is 31.6. The Morgan fingerprint density at radius 3 is 1.01 bits per heavy atom. The van der Waals surface area contributed by atoms with E-state index in [1.54, 1.807) is 0 Å². The van der Waals surface area contributed by atoms with Crippen molar-refractivity contribution >= 4 is 0 Å². The molecule has 0 aromatic heterocycles. The molecule has 6 saturated heterocycles. The fraction of sp³-hybridized carbons (Fsp3) is 1.00. The molecule has 6 aliphatic heterocycles. The van der Waals surface area contributed by atoms with E-state index in [0.29, 0.717) is 0 Å². The van der Waals surface area contributed by atoms with Crippen molar-refractivity contribution in [1.29, 1.82) is 0 Å². The number of rotatable bonds is 20. The summed E-state index contributed by atoms with van der Waals surface area (Å²) in [7, 11) is 0. The molecule has 0 radical (unpaired) electrons. The van der Waals surface area contributed by atoms with Crippen molar-refractivity contribution in [2.45, 2.75) is 158 Å². The first kappa shape index (κ1) is 55.1. The van der Waals surface area contributed by atoms with Gasteiger partial charge in [0.1, 0.15) is 149 Å². The minimum atomic E-state index is -2.73. The van der Waals surface area contributed by atoms with Gasteiger partial charge in [-0.25, -0.2) is 0 Å². The average molecular weight is 991 g/mol. The number of aliphatic hydroxyl groups excluding tert-OH is 20. The van der Waals surface area contributed by atoms with Gasteiger partial charge in [-0.15, -0.1) is 0 Å². The largest absolute Gasteiger partial charge is 0.394 e. The highest BCUT2D eigenvalue weighted by Gasteiger charge is 2.62. The van der Waals surface area contributed by atoms with Gasteiger partial charge < -0.3 is 154 Å². The lowest BCUT2D eigenvalue weighted by Gasteiger charge is -2.44. The van der Waals surface area contributed by atoms with E-state index in [4.69, 9.17) is 52.1 Å². The maximum Gasteiger partial charge on any atom is 0.224 e. The second kappa shape index (κ2) is 21.9. The van der Waals surface area contributed by atoms with Crippen molar-refractivity contribution in [2.75, 3.05) is 66.1 Å². The third-order valence-corrected chi connectivity index (χ3v) is 12.8. The molecule has 20 N–H and O–H groups in total. The fourth-order valence-electron chi connectivity index (χ4n) is 8.54. The van der Waals surface area contributed by atoms with Crippen LogP contribution in [0, 0.1) is 0 Å². The lowest BCUT2D eigenvalue weighted by molar-refractivity contribution is -0.390. The van der Waals surface area contributed by atoms with Gasteiger partial charge in [0.15, 0.2) is 12.6 Å². The Morgan fingerprint density at radius 2 is 0.627 bits per heavy atom. The maximum absolute atomic E-state index is 11.1. The summed E-state index contributed by atoms with van der Waals surface area (Å²) in [6.07, 6.45) is -41.2. The minimum absolute atomic E-state index is 0.777. The molecule has 0 bridgehead atoms. The van der Waals surface area contributed by atoms with Crippen LogP contribution in [-0.2, 0) is 52.1 Å². The number of ether oxygens (including phenoxy) is 11. The van der Waals surface area contributed by atoms with Crippen LogP contribution >= 0.6 is 0 Å². The lowest BCUT2D eigenvalue weighted by atomic mass is 9.98. The van der Waals surface area contributed by atoms with E-state index < -0.39 is 224 Å². The SMILES string of the molecule is OCC1OC(CO)(OCC2OC(OCC3OC(CO)(OCC4OC(CO)(OC5OC(COC6(CO)OC(CO)C(O)C6O)C(O)C(O)C5O)C(O)C4O)C(O)C3O)C(O)C(O)C2O)C(O)C1O. The zero-order chi connectivity index (χ0) is 49.6. The van der Waals surface area contributed by atoms with E-state index in [1.807, 2.05) is 0 Å². The van der Waals surface area contributed by atoms with E-state index in [-0.39, 0.29) is 0 Å². The summed E-state index contributed by atoms with van der Waals surface area (Å²) in [4.78, 5) is 0. The highest BCUT2D eigenvalue weighted by Crippen LogP contribution is 2.40. The summed E-state index contributed by atoms with van der Waals surface area (Å²) in [5, 5.41) is 208. The molecule has 0 aromatic rings. The lowest BCUT2D eigenvalue weighted by Crippen LogP contribution is -2.63. The van der Waals surface area contributed by atoms with E-state index in [0.717, 1.165) is 0 Å². The Kier molecular flexibility index (Phi) is 18.0. The van der Waals surface area contributed by atoms with Crippen LogP contribution in [0.2, 0.25) is 0 Å². The molecule has 0 amide bonds. The second-order valence-electron chi connectivity index (χ2n) is 17.0. The van der Waals surface area contributed by atoms with Gasteiger partial charge in [-0.2, -0.15) is 0 Å². The maximum atomic E-state index is 11.1. The molecule has 26 atom stereocenters. The summed E-state index contributed by atoms with van der Waals surface area (Å²) >= 11 is 0. The van der Waals surface area contributed by atoms with Gasteiger partial charge >= 0.3 is 0 Å². The van der Waals surface area contributed by atoms with Crippen molar-refractivity contribution in [3.8, 4) is 0 Å². The van der Waals surface area contributed by atoms with Gasteiger partial charge in [-0.3, -0.25) is 0 Å². The predicted octanol–water partition coefficient (Wildman–Crippen LogP) is -14.1. The monoisotopic (exact) mass is 990 g/mol. The van der Waals surface area contributed by atoms with E-state index in [9.17, 15) is 102 Å². The zero-order valence-corrected chi connectivity index (χ0v) is 35.2. The van der Waals surface area contributed by atoms with Gasteiger partial charge in [0.25, 0.3) is 0 Å². The minimum Gasteiger partial charge on any atom is -0.394 e. The molecule has 6 aliphatic rings. The third kappa shape index (κ3) is 10.1. The highest BCUT2D eigenvalue weighted by atomic mass is 16.8. The first-order valence-electron chi connectivity index (χ1n) is 21.0. The highest BCUT2D eigenvalue weighted by molar-refractivity contribution is 5.03.